The minimum atomic E-state index is -0.203. The van der Waals surface area contributed by atoms with Crippen molar-refractivity contribution in [2.75, 3.05) is 13.2 Å². The van der Waals surface area contributed by atoms with Crippen molar-refractivity contribution >= 4 is 0 Å². The smallest absolute Gasteiger partial charge is 0.0567 e. The van der Waals surface area contributed by atoms with Gasteiger partial charge >= 0.3 is 0 Å². The van der Waals surface area contributed by atoms with Crippen molar-refractivity contribution in [2.24, 2.45) is 5.41 Å². The fourth-order valence-electron chi connectivity index (χ4n) is 1.56. The summed E-state index contributed by atoms with van der Waals surface area (Å²) in [6.45, 7) is 0.659. The summed E-state index contributed by atoms with van der Waals surface area (Å²) in [4.78, 5) is 0. The normalized spacial score (nSPS) is 44.0. The van der Waals surface area contributed by atoms with E-state index in [1.807, 2.05) is 0 Å². The summed E-state index contributed by atoms with van der Waals surface area (Å²) in [5.74, 6) is 0. The van der Waals surface area contributed by atoms with Crippen LogP contribution in [0.2, 0.25) is 0 Å². The quantitative estimate of drug-likeness (QED) is 0.463. The fraction of sp³-hybridized carbons (Fsp3) is 1.00. The maximum atomic E-state index is 7.30. The Morgan fingerprint density at radius 2 is 2.25 bits per heavy atom. The van der Waals surface area contributed by atoms with Crippen LogP contribution in [0.25, 0.3) is 0 Å². The lowest BCUT2D eigenvalue weighted by Gasteiger charge is -2.36. The van der Waals surface area contributed by atoms with Crippen LogP contribution in [0.4, 0.5) is 0 Å². The zero-order chi connectivity index (χ0) is 6.32. The van der Waals surface area contributed by atoms with E-state index in [2.05, 4.69) is 0 Å². The van der Waals surface area contributed by atoms with E-state index in [1.165, 1.54) is 19.3 Å². The molecule has 1 aliphatic carbocycles. The van der Waals surface area contributed by atoms with Crippen LogP contribution >= 0.6 is 0 Å². The van der Waals surface area contributed by atoms with E-state index < -0.39 is 0 Å². The first-order valence-electron chi connectivity index (χ1n) is 3.92. The van der Waals surface area contributed by atoms with Gasteiger partial charge in [0.05, 0.1) is 7.98 Å². The highest BCUT2D eigenvalue weighted by atomic mass is 16.5. The summed E-state index contributed by atoms with van der Waals surface area (Å²) < 4.78 is 12.5. The second-order valence-electron chi connectivity index (χ2n) is 3.04. The average Bonchev–Trinajstić information content (AvgIpc) is 2.09. The molecule has 0 amide bonds. The average molecular weight is 113 g/mol. The Labute approximate surface area is 51.4 Å². The predicted octanol–water partition coefficient (Wildman–Crippen LogP) is 1.58. The summed E-state index contributed by atoms with van der Waals surface area (Å²) in [6, 6.07) is 0. The minimum Gasteiger partial charge on any atom is -0.381 e. The van der Waals surface area contributed by atoms with Crippen molar-refractivity contribution in [3.63, 3.8) is 0 Å². The first-order chi connectivity index (χ1) is 4.31. The molecule has 2 rings (SSSR count). The molecule has 0 aromatic rings. The molecule has 1 unspecified atom stereocenters. The van der Waals surface area contributed by atoms with Crippen molar-refractivity contribution in [2.45, 2.75) is 25.7 Å². The van der Waals surface area contributed by atoms with Gasteiger partial charge in [-0.05, 0) is 24.7 Å². The Hall–Kier alpha value is -0.0400. The van der Waals surface area contributed by atoms with Crippen LogP contribution in [0.15, 0.2) is 0 Å². The lowest BCUT2D eigenvalue weighted by atomic mass is 9.69. The van der Waals surface area contributed by atoms with Crippen LogP contribution in [0.3, 0.4) is 0 Å². The molecule has 1 aliphatic heterocycles. The summed E-state index contributed by atoms with van der Waals surface area (Å²) >= 11 is 0. The van der Waals surface area contributed by atoms with Gasteiger partial charge in [-0.15, -0.1) is 0 Å². The molecule has 0 N–H and O–H groups in total. The SMILES string of the molecule is [2H]C1CC2(CCC2)CO1. The number of hydrogen-bond acceptors (Lipinski definition) is 1. The maximum Gasteiger partial charge on any atom is 0.0567 e. The lowest BCUT2D eigenvalue weighted by Crippen LogP contribution is -2.28. The van der Waals surface area contributed by atoms with E-state index in [-0.39, 0.29) is 6.58 Å². The summed E-state index contributed by atoms with van der Waals surface area (Å²) in [7, 11) is 0. The van der Waals surface area contributed by atoms with Gasteiger partial charge in [-0.25, -0.2) is 0 Å². The number of rotatable bonds is 0. The Morgan fingerprint density at radius 1 is 1.38 bits per heavy atom. The maximum absolute atomic E-state index is 7.30. The molecule has 0 radical (unpaired) electrons. The summed E-state index contributed by atoms with van der Waals surface area (Å²) in [5, 5.41) is 0. The molecule has 1 heteroatoms. The third kappa shape index (κ3) is 0.510. The van der Waals surface area contributed by atoms with Gasteiger partial charge in [0.2, 0.25) is 0 Å². The van der Waals surface area contributed by atoms with Gasteiger partial charge in [-0.3, -0.25) is 0 Å². The second-order valence-corrected chi connectivity index (χ2v) is 3.04. The molecule has 46 valence electrons. The van der Waals surface area contributed by atoms with E-state index in [0.717, 1.165) is 13.0 Å². The monoisotopic (exact) mass is 113 g/mol. The van der Waals surface area contributed by atoms with E-state index in [1.54, 1.807) is 0 Å². The van der Waals surface area contributed by atoms with E-state index in [0.29, 0.717) is 5.41 Å². The largest absolute Gasteiger partial charge is 0.381 e. The highest BCUT2D eigenvalue weighted by Gasteiger charge is 2.39. The summed E-state index contributed by atoms with van der Waals surface area (Å²) in [6.07, 6.45) is 4.97. The Morgan fingerprint density at radius 3 is 2.50 bits per heavy atom. The zero-order valence-electron chi connectivity index (χ0n) is 6.02. The topological polar surface area (TPSA) is 9.23 Å². The molecule has 1 nitrogen and oxygen atoms in total. The van der Waals surface area contributed by atoms with Gasteiger partial charge in [0.15, 0.2) is 0 Å². The van der Waals surface area contributed by atoms with Crippen LogP contribution in [-0.2, 0) is 4.74 Å². The first kappa shape index (κ1) is 3.89. The molecule has 2 aliphatic rings. The van der Waals surface area contributed by atoms with E-state index in [4.69, 9.17) is 6.11 Å². The second kappa shape index (κ2) is 1.47. The molecule has 0 bridgehead atoms. The molecule has 0 aromatic heterocycles. The van der Waals surface area contributed by atoms with Crippen LogP contribution in [0.1, 0.15) is 27.1 Å². The molecular formula is C7H12O. The van der Waals surface area contributed by atoms with Crippen molar-refractivity contribution in [1.29, 1.82) is 0 Å². The van der Waals surface area contributed by atoms with E-state index in [9.17, 15) is 0 Å². The molecular weight excluding hydrogens is 100 g/mol. The van der Waals surface area contributed by atoms with Crippen LogP contribution < -0.4 is 0 Å². The first-order valence-corrected chi connectivity index (χ1v) is 3.35. The van der Waals surface area contributed by atoms with Crippen LogP contribution in [0, 0.1) is 5.41 Å². The van der Waals surface area contributed by atoms with Gasteiger partial charge < -0.3 is 4.74 Å². The molecule has 2 fully saturated rings. The molecule has 1 atom stereocenters. The van der Waals surface area contributed by atoms with Crippen molar-refractivity contribution in [3.05, 3.63) is 0 Å². The Balaban J connectivity index is 1.99. The lowest BCUT2D eigenvalue weighted by molar-refractivity contribution is 0.0922. The predicted molar refractivity (Wildman–Crippen MR) is 31.7 cm³/mol. The molecule has 1 heterocycles. The number of ether oxygens (including phenoxy) is 1. The van der Waals surface area contributed by atoms with Gasteiger partial charge in [0.25, 0.3) is 0 Å². The zero-order valence-corrected chi connectivity index (χ0v) is 5.02. The standard InChI is InChI=1S/C7H12O/c1-2-7(3-1)4-5-8-6-7/h1-6H2/i5D. The van der Waals surface area contributed by atoms with E-state index >= 15 is 0 Å². The van der Waals surface area contributed by atoms with Crippen molar-refractivity contribution in [1.82, 2.24) is 0 Å². The van der Waals surface area contributed by atoms with Gasteiger partial charge in [-0.2, -0.15) is 0 Å². The third-order valence-corrected chi connectivity index (χ3v) is 2.44. The molecule has 0 aromatic carbocycles. The fourth-order valence-corrected chi connectivity index (χ4v) is 1.56. The minimum absolute atomic E-state index is 0.203. The molecule has 8 heavy (non-hydrogen) atoms. The van der Waals surface area contributed by atoms with Crippen molar-refractivity contribution in [3.8, 4) is 0 Å². The Kier molecular flexibility index (Phi) is 0.715. The van der Waals surface area contributed by atoms with Gasteiger partial charge in [-0.1, -0.05) is 6.42 Å². The van der Waals surface area contributed by atoms with Crippen LogP contribution in [-0.4, -0.2) is 13.2 Å². The molecule has 1 saturated carbocycles. The summed E-state index contributed by atoms with van der Waals surface area (Å²) in [5.41, 5.74) is 0.479. The van der Waals surface area contributed by atoms with Gasteiger partial charge in [0.1, 0.15) is 0 Å². The highest BCUT2D eigenvalue weighted by molar-refractivity contribution is 4.90. The van der Waals surface area contributed by atoms with Crippen LogP contribution in [0.5, 0.6) is 0 Å². The molecule has 1 spiro atoms. The highest BCUT2D eigenvalue weighted by Crippen LogP contribution is 2.46. The molecule has 1 saturated heterocycles. The number of hydrogen-bond donors (Lipinski definition) is 0. The third-order valence-electron chi connectivity index (χ3n) is 2.44. The van der Waals surface area contributed by atoms with Crippen molar-refractivity contribution < 1.29 is 6.11 Å². The Bertz CT molecular complexity index is 120. The van der Waals surface area contributed by atoms with Gasteiger partial charge in [0, 0.05) is 6.58 Å².